The Kier molecular flexibility index (Phi) is 5.83. The van der Waals surface area contributed by atoms with Crippen molar-refractivity contribution in [1.29, 1.82) is 0 Å². The lowest BCUT2D eigenvalue weighted by Gasteiger charge is -2.21. The first-order valence-electron chi connectivity index (χ1n) is 7.29. The van der Waals surface area contributed by atoms with Crippen molar-refractivity contribution in [1.82, 2.24) is 5.32 Å². The van der Waals surface area contributed by atoms with Gasteiger partial charge in [0.25, 0.3) is 0 Å². The summed E-state index contributed by atoms with van der Waals surface area (Å²) in [6.07, 6.45) is 2.61. The maximum atomic E-state index is 5.85. The van der Waals surface area contributed by atoms with E-state index in [0.717, 1.165) is 19.6 Å². The molecule has 1 saturated heterocycles. The third kappa shape index (κ3) is 4.30. The van der Waals surface area contributed by atoms with Crippen LogP contribution in [0.2, 0.25) is 0 Å². The average Bonchev–Trinajstić information content (AvgIpc) is 2.92. The molecule has 1 N–H and O–H groups in total. The van der Waals surface area contributed by atoms with Gasteiger partial charge in [-0.05, 0) is 37.4 Å². The molecular formula is C16H25NO2. The molecule has 0 aliphatic carbocycles. The van der Waals surface area contributed by atoms with Crippen LogP contribution in [0.5, 0.6) is 0 Å². The molecule has 0 radical (unpaired) electrons. The molecule has 19 heavy (non-hydrogen) atoms. The zero-order valence-electron chi connectivity index (χ0n) is 12.0. The average molecular weight is 263 g/mol. The third-order valence-electron chi connectivity index (χ3n) is 3.63. The molecule has 0 bridgehead atoms. The maximum Gasteiger partial charge on any atom is 0.0809 e. The molecule has 0 aromatic heterocycles. The number of ether oxygens (including phenoxy) is 2. The Balaban J connectivity index is 1.87. The van der Waals surface area contributed by atoms with E-state index >= 15 is 0 Å². The van der Waals surface area contributed by atoms with Gasteiger partial charge in [0.15, 0.2) is 0 Å². The van der Waals surface area contributed by atoms with Gasteiger partial charge < -0.3 is 14.8 Å². The van der Waals surface area contributed by atoms with Crippen LogP contribution in [0, 0.1) is 6.92 Å². The standard InChI is InChI=1S/C16H25NO2/c1-3-17-16(15-9-5-4-7-13(15)2)12-18-11-14-8-6-10-19-14/h4-5,7,9,14,16-17H,3,6,8,10-12H2,1-2H3. The Bertz CT molecular complexity index is 375. The summed E-state index contributed by atoms with van der Waals surface area (Å²) in [5.74, 6) is 0. The van der Waals surface area contributed by atoms with Gasteiger partial charge in [-0.3, -0.25) is 0 Å². The van der Waals surface area contributed by atoms with Crippen molar-refractivity contribution in [2.24, 2.45) is 0 Å². The molecule has 0 amide bonds. The van der Waals surface area contributed by atoms with E-state index in [0.29, 0.717) is 19.3 Å². The largest absolute Gasteiger partial charge is 0.377 e. The first-order valence-corrected chi connectivity index (χ1v) is 7.29. The fourth-order valence-corrected chi connectivity index (χ4v) is 2.58. The normalized spacial score (nSPS) is 20.6. The zero-order chi connectivity index (χ0) is 13.5. The number of benzene rings is 1. The lowest BCUT2D eigenvalue weighted by atomic mass is 10.0. The number of hydrogen-bond donors (Lipinski definition) is 1. The number of likely N-dealkylation sites (N-methyl/N-ethyl adjacent to an activating group) is 1. The van der Waals surface area contributed by atoms with E-state index in [1.165, 1.54) is 17.5 Å². The quantitative estimate of drug-likeness (QED) is 0.820. The van der Waals surface area contributed by atoms with Crippen LogP contribution in [-0.4, -0.2) is 32.5 Å². The minimum absolute atomic E-state index is 0.271. The Labute approximate surface area is 116 Å². The molecule has 1 aromatic carbocycles. The Morgan fingerprint density at radius 2 is 2.26 bits per heavy atom. The summed E-state index contributed by atoms with van der Waals surface area (Å²) >= 11 is 0. The van der Waals surface area contributed by atoms with Gasteiger partial charge in [0.2, 0.25) is 0 Å². The van der Waals surface area contributed by atoms with Crippen molar-refractivity contribution in [2.75, 3.05) is 26.4 Å². The van der Waals surface area contributed by atoms with Gasteiger partial charge in [0, 0.05) is 6.61 Å². The molecule has 1 fully saturated rings. The van der Waals surface area contributed by atoms with Gasteiger partial charge >= 0.3 is 0 Å². The van der Waals surface area contributed by atoms with Crippen molar-refractivity contribution >= 4 is 0 Å². The molecule has 0 saturated carbocycles. The smallest absolute Gasteiger partial charge is 0.0809 e. The number of rotatable bonds is 7. The second-order valence-corrected chi connectivity index (χ2v) is 5.14. The fraction of sp³-hybridized carbons (Fsp3) is 0.625. The molecular weight excluding hydrogens is 238 g/mol. The maximum absolute atomic E-state index is 5.85. The van der Waals surface area contributed by atoms with Crippen LogP contribution < -0.4 is 5.32 Å². The molecule has 1 aromatic rings. The van der Waals surface area contributed by atoms with Gasteiger partial charge in [-0.15, -0.1) is 0 Å². The van der Waals surface area contributed by atoms with E-state index in [9.17, 15) is 0 Å². The van der Waals surface area contributed by atoms with Crippen molar-refractivity contribution in [3.63, 3.8) is 0 Å². The molecule has 2 rings (SSSR count). The second-order valence-electron chi connectivity index (χ2n) is 5.14. The summed E-state index contributed by atoms with van der Waals surface area (Å²) in [6, 6.07) is 8.77. The zero-order valence-corrected chi connectivity index (χ0v) is 12.0. The molecule has 3 heteroatoms. The highest BCUT2D eigenvalue weighted by Crippen LogP contribution is 2.19. The minimum atomic E-state index is 0.271. The van der Waals surface area contributed by atoms with Gasteiger partial charge in [0.05, 0.1) is 25.4 Å². The van der Waals surface area contributed by atoms with Crippen LogP contribution in [0.15, 0.2) is 24.3 Å². The van der Waals surface area contributed by atoms with Gasteiger partial charge in [-0.2, -0.15) is 0 Å². The molecule has 106 valence electrons. The molecule has 1 aliphatic rings. The second kappa shape index (κ2) is 7.63. The monoisotopic (exact) mass is 263 g/mol. The summed E-state index contributed by atoms with van der Waals surface area (Å²) in [5.41, 5.74) is 2.64. The lowest BCUT2D eigenvalue weighted by molar-refractivity contribution is 0.0100. The molecule has 3 nitrogen and oxygen atoms in total. The predicted octanol–water partition coefficient (Wildman–Crippen LogP) is 2.84. The Morgan fingerprint density at radius 3 is 2.95 bits per heavy atom. The fourth-order valence-electron chi connectivity index (χ4n) is 2.58. The summed E-state index contributed by atoms with van der Waals surface area (Å²) < 4.78 is 11.4. The van der Waals surface area contributed by atoms with E-state index in [2.05, 4.69) is 43.4 Å². The number of nitrogens with one attached hydrogen (secondary N) is 1. The van der Waals surface area contributed by atoms with Crippen molar-refractivity contribution < 1.29 is 9.47 Å². The van der Waals surface area contributed by atoms with Gasteiger partial charge in [-0.25, -0.2) is 0 Å². The summed E-state index contributed by atoms with van der Waals surface area (Å²) in [4.78, 5) is 0. The third-order valence-corrected chi connectivity index (χ3v) is 3.63. The molecule has 1 aliphatic heterocycles. The van der Waals surface area contributed by atoms with Crippen LogP contribution in [0.4, 0.5) is 0 Å². The first-order chi connectivity index (χ1) is 9.31. The van der Waals surface area contributed by atoms with Crippen LogP contribution in [-0.2, 0) is 9.47 Å². The molecule has 1 heterocycles. The SMILES string of the molecule is CCNC(COCC1CCCO1)c1ccccc1C. The van der Waals surface area contributed by atoms with Crippen molar-refractivity contribution in [3.8, 4) is 0 Å². The minimum Gasteiger partial charge on any atom is -0.377 e. The lowest BCUT2D eigenvalue weighted by Crippen LogP contribution is -2.27. The highest BCUT2D eigenvalue weighted by Gasteiger charge is 2.17. The van der Waals surface area contributed by atoms with Gasteiger partial charge in [-0.1, -0.05) is 31.2 Å². The van der Waals surface area contributed by atoms with Crippen molar-refractivity contribution in [2.45, 2.75) is 38.8 Å². The summed E-state index contributed by atoms with van der Waals surface area (Å²) in [6.45, 7) is 7.54. The van der Waals surface area contributed by atoms with E-state index in [-0.39, 0.29) is 6.04 Å². The van der Waals surface area contributed by atoms with Crippen LogP contribution >= 0.6 is 0 Å². The van der Waals surface area contributed by atoms with E-state index < -0.39 is 0 Å². The Morgan fingerprint density at radius 1 is 1.42 bits per heavy atom. The van der Waals surface area contributed by atoms with Crippen LogP contribution in [0.3, 0.4) is 0 Å². The Hall–Kier alpha value is -0.900. The number of aryl methyl sites for hydroxylation is 1. The first kappa shape index (κ1) is 14.5. The number of hydrogen-bond acceptors (Lipinski definition) is 3. The highest BCUT2D eigenvalue weighted by molar-refractivity contribution is 5.28. The molecule has 0 spiro atoms. The molecule has 2 atom stereocenters. The van der Waals surface area contributed by atoms with Gasteiger partial charge in [0.1, 0.15) is 0 Å². The van der Waals surface area contributed by atoms with Crippen molar-refractivity contribution in [3.05, 3.63) is 35.4 Å². The highest BCUT2D eigenvalue weighted by atomic mass is 16.5. The summed E-state index contributed by atoms with van der Waals surface area (Å²) in [5, 5.41) is 3.50. The van der Waals surface area contributed by atoms with Crippen LogP contribution in [0.25, 0.3) is 0 Å². The van der Waals surface area contributed by atoms with E-state index in [4.69, 9.17) is 9.47 Å². The molecule has 2 unspecified atom stereocenters. The summed E-state index contributed by atoms with van der Waals surface area (Å²) in [7, 11) is 0. The predicted molar refractivity (Wildman–Crippen MR) is 77.4 cm³/mol. The topological polar surface area (TPSA) is 30.5 Å². The van der Waals surface area contributed by atoms with E-state index in [1.807, 2.05) is 0 Å². The van der Waals surface area contributed by atoms with E-state index in [1.54, 1.807) is 0 Å². The van der Waals surface area contributed by atoms with Crippen LogP contribution in [0.1, 0.15) is 36.9 Å².